The van der Waals surface area contributed by atoms with Gasteiger partial charge in [-0.1, -0.05) is 0 Å². The smallest absolute Gasteiger partial charge is 0.230 e. The number of carbonyl (C=O) groups excluding carboxylic acids is 1. The minimum absolute atomic E-state index is 0.0644. The number of rotatable bonds is 4. The topological polar surface area (TPSA) is 29.5 Å². The van der Waals surface area contributed by atoms with Crippen molar-refractivity contribution in [2.24, 2.45) is 0 Å². The fourth-order valence-electron chi connectivity index (χ4n) is 2.60. The van der Waals surface area contributed by atoms with Crippen LogP contribution in [0.3, 0.4) is 0 Å². The Morgan fingerprint density at radius 1 is 1.09 bits per heavy atom. The lowest BCUT2D eigenvalue weighted by Gasteiger charge is -2.17. The maximum Gasteiger partial charge on any atom is 0.230 e. The molecule has 0 unspecified atom stereocenters. The number of halogens is 3. The molecule has 0 aliphatic carbocycles. The van der Waals surface area contributed by atoms with Crippen molar-refractivity contribution in [3.8, 4) is 5.75 Å². The highest BCUT2D eigenvalue weighted by atomic mass is 19.1. The minimum Gasteiger partial charge on any atom is -0.493 e. The highest BCUT2D eigenvalue weighted by Gasteiger charge is 2.27. The molecular formula is C17H14F3NO2. The van der Waals surface area contributed by atoms with Crippen LogP contribution in [0.4, 0.5) is 18.9 Å². The van der Waals surface area contributed by atoms with Gasteiger partial charge in [0.1, 0.15) is 23.2 Å². The zero-order valence-corrected chi connectivity index (χ0v) is 12.2. The first kappa shape index (κ1) is 15.4. The average molecular weight is 321 g/mol. The van der Waals surface area contributed by atoms with E-state index in [-0.39, 0.29) is 30.4 Å². The van der Waals surface area contributed by atoms with Crippen molar-refractivity contribution < 1.29 is 22.7 Å². The van der Waals surface area contributed by atoms with E-state index in [1.54, 1.807) is 0 Å². The van der Waals surface area contributed by atoms with Gasteiger partial charge in [0.2, 0.25) is 5.91 Å². The molecule has 0 atom stereocenters. The number of fused-ring (bicyclic) bond motifs is 1. The molecule has 1 aliphatic heterocycles. The second-order valence-electron chi connectivity index (χ2n) is 5.23. The number of nitrogens with zero attached hydrogens (tertiary/aromatic N) is 1. The number of carbonyl (C=O) groups is 1. The van der Waals surface area contributed by atoms with Gasteiger partial charge in [0.05, 0.1) is 18.7 Å². The van der Waals surface area contributed by atoms with Crippen LogP contribution in [0.1, 0.15) is 12.0 Å². The number of anilines is 1. The predicted octanol–water partition coefficient (Wildman–Crippen LogP) is 3.46. The zero-order chi connectivity index (χ0) is 16.4. The van der Waals surface area contributed by atoms with E-state index in [4.69, 9.17) is 4.74 Å². The molecule has 120 valence electrons. The van der Waals surface area contributed by atoms with Crippen molar-refractivity contribution in [2.45, 2.75) is 12.8 Å². The number of benzene rings is 2. The molecule has 0 radical (unpaired) electrons. The van der Waals surface area contributed by atoms with Crippen LogP contribution in [0.2, 0.25) is 0 Å². The van der Waals surface area contributed by atoms with E-state index >= 15 is 0 Å². The number of amides is 1. The molecule has 0 bridgehead atoms. The summed E-state index contributed by atoms with van der Waals surface area (Å²) in [6.07, 6.45) is 0.432. The van der Waals surface area contributed by atoms with Crippen LogP contribution >= 0.6 is 0 Å². The molecule has 0 spiro atoms. The molecule has 0 saturated heterocycles. The Balaban J connectivity index is 1.61. The monoisotopic (exact) mass is 321 g/mol. The first-order chi connectivity index (χ1) is 11.0. The van der Waals surface area contributed by atoms with Crippen molar-refractivity contribution in [1.82, 2.24) is 0 Å². The van der Waals surface area contributed by atoms with E-state index < -0.39 is 11.6 Å². The van der Waals surface area contributed by atoms with Crippen LogP contribution in [0.5, 0.6) is 5.75 Å². The minimum atomic E-state index is -0.705. The van der Waals surface area contributed by atoms with E-state index in [2.05, 4.69) is 0 Å². The van der Waals surface area contributed by atoms with E-state index in [1.165, 1.54) is 35.2 Å². The zero-order valence-electron chi connectivity index (χ0n) is 12.2. The normalized spacial score (nSPS) is 13.1. The van der Waals surface area contributed by atoms with E-state index in [0.717, 1.165) is 6.07 Å². The quantitative estimate of drug-likeness (QED) is 0.863. The van der Waals surface area contributed by atoms with E-state index in [9.17, 15) is 18.0 Å². The molecule has 0 saturated carbocycles. The van der Waals surface area contributed by atoms with Gasteiger partial charge < -0.3 is 9.64 Å². The first-order valence-corrected chi connectivity index (χ1v) is 7.21. The van der Waals surface area contributed by atoms with Gasteiger partial charge in [-0.25, -0.2) is 13.2 Å². The fraction of sp³-hybridized carbons (Fsp3) is 0.235. The SMILES string of the molecule is O=C(CCOc1ccc(F)cc1)N1CCc2c(F)cc(F)cc21. The number of hydrogen-bond donors (Lipinski definition) is 0. The second kappa shape index (κ2) is 6.32. The Morgan fingerprint density at radius 2 is 1.83 bits per heavy atom. The summed E-state index contributed by atoms with van der Waals surface area (Å²) in [5, 5.41) is 0. The van der Waals surface area contributed by atoms with E-state index in [0.29, 0.717) is 24.3 Å². The van der Waals surface area contributed by atoms with Crippen molar-refractivity contribution >= 4 is 11.6 Å². The molecule has 2 aromatic rings. The van der Waals surface area contributed by atoms with Crippen LogP contribution in [-0.4, -0.2) is 19.1 Å². The number of hydrogen-bond acceptors (Lipinski definition) is 2. The lowest BCUT2D eigenvalue weighted by atomic mass is 10.1. The molecule has 23 heavy (non-hydrogen) atoms. The van der Waals surface area contributed by atoms with Gasteiger partial charge in [-0.05, 0) is 36.8 Å². The molecule has 1 amide bonds. The Hall–Kier alpha value is -2.50. The van der Waals surface area contributed by atoms with Gasteiger partial charge in [-0.2, -0.15) is 0 Å². The molecule has 2 aromatic carbocycles. The Kier molecular flexibility index (Phi) is 4.23. The Labute approximate surface area is 131 Å². The molecule has 0 N–H and O–H groups in total. The van der Waals surface area contributed by atoms with Crippen LogP contribution in [0.15, 0.2) is 36.4 Å². The summed E-state index contributed by atoms with van der Waals surface area (Å²) in [6, 6.07) is 7.46. The highest BCUT2D eigenvalue weighted by molar-refractivity contribution is 5.95. The first-order valence-electron chi connectivity index (χ1n) is 7.21. The van der Waals surface area contributed by atoms with Gasteiger partial charge in [0.15, 0.2) is 0 Å². The van der Waals surface area contributed by atoms with Crippen LogP contribution in [0, 0.1) is 17.5 Å². The number of ether oxygens (including phenoxy) is 1. The molecule has 1 aliphatic rings. The standard InChI is InChI=1S/C17H14F3NO2/c18-11-1-3-13(4-2-11)23-8-6-17(22)21-7-5-14-15(20)9-12(19)10-16(14)21/h1-4,9-10H,5-8H2. The fourth-order valence-corrected chi connectivity index (χ4v) is 2.60. The third-order valence-corrected chi connectivity index (χ3v) is 3.71. The maximum atomic E-state index is 13.7. The van der Waals surface area contributed by atoms with Crippen LogP contribution in [0.25, 0.3) is 0 Å². The molecule has 0 aromatic heterocycles. The van der Waals surface area contributed by atoms with Crippen molar-refractivity contribution in [3.63, 3.8) is 0 Å². The Morgan fingerprint density at radius 3 is 2.57 bits per heavy atom. The van der Waals surface area contributed by atoms with Crippen LogP contribution in [-0.2, 0) is 11.2 Å². The van der Waals surface area contributed by atoms with Crippen molar-refractivity contribution in [2.75, 3.05) is 18.1 Å². The van der Waals surface area contributed by atoms with Gasteiger partial charge in [0, 0.05) is 18.2 Å². The molecule has 3 nitrogen and oxygen atoms in total. The molecular weight excluding hydrogens is 307 g/mol. The molecule has 1 heterocycles. The van der Waals surface area contributed by atoms with E-state index in [1.807, 2.05) is 0 Å². The lowest BCUT2D eigenvalue weighted by Crippen LogP contribution is -2.30. The van der Waals surface area contributed by atoms with Crippen molar-refractivity contribution in [3.05, 3.63) is 59.4 Å². The Bertz CT molecular complexity index is 731. The van der Waals surface area contributed by atoms with Crippen molar-refractivity contribution in [1.29, 1.82) is 0 Å². The van der Waals surface area contributed by atoms with Gasteiger partial charge in [-0.3, -0.25) is 4.79 Å². The molecule has 6 heteroatoms. The molecule has 3 rings (SSSR count). The maximum absolute atomic E-state index is 13.7. The summed E-state index contributed by atoms with van der Waals surface area (Å²) in [4.78, 5) is 13.6. The summed E-state index contributed by atoms with van der Waals surface area (Å²) in [5.74, 6) is -1.51. The summed E-state index contributed by atoms with van der Waals surface area (Å²) in [5.41, 5.74) is 0.647. The summed E-state index contributed by atoms with van der Waals surface area (Å²) >= 11 is 0. The third-order valence-electron chi connectivity index (χ3n) is 3.71. The third kappa shape index (κ3) is 3.31. The van der Waals surface area contributed by atoms with Gasteiger partial charge in [0.25, 0.3) is 0 Å². The molecule has 0 fully saturated rings. The average Bonchev–Trinajstić information content (AvgIpc) is 2.93. The summed E-state index contributed by atoms with van der Waals surface area (Å²) in [7, 11) is 0. The largest absolute Gasteiger partial charge is 0.493 e. The summed E-state index contributed by atoms with van der Waals surface area (Å²) in [6.45, 7) is 0.430. The predicted molar refractivity (Wildman–Crippen MR) is 78.9 cm³/mol. The van der Waals surface area contributed by atoms with Gasteiger partial charge in [-0.15, -0.1) is 0 Å². The van der Waals surface area contributed by atoms with Gasteiger partial charge >= 0.3 is 0 Å². The van der Waals surface area contributed by atoms with Crippen LogP contribution < -0.4 is 9.64 Å². The highest BCUT2D eigenvalue weighted by Crippen LogP contribution is 2.31. The summed E-state index contributed by atoms with van der Waals surface area (Å²) < 4.78 is 45.1. The second-order valence-corrected chi connectivity index (χ2v) is 5.23. The lowest BCUT2D eigenvalue weighted by molar-refractivity contribution is -0.119.